The van der Waals surface area contributed by atoms with E-state index in [0.717, 1.165) is 13.2 Å². The van der Waals surface area contributed by atoms with Crippen molar-refractivity contribution in [3.05, 3.63) is 35.1 Å². The van der Waals surface area contributed by atoms with Gasteiger partial charge in [0.25, 0.3) is 0 Å². The van der Waals surface area contributed by atoms with Gasteiger partial charge in [0.2, 0.25) is 6.10 Å². The third-order valence-electron chi connectivity index (χ3n) is 3.02. The van der Waals surface area contributed by atoms with Crippen molar-refractivity contribution in [1.82, 2.24) is 0 Å². The number of carbonyl (C=O) groups excluding carboxylic acids is 2. The summed E-state index contributed by atoms with van der Waals surface area (Å²) in [4.78, 5) is 23.6. The highest BCUT2D eigenvalue weighted by Crippen LogP contribution is 2.30. The molecule has 0 saturated carbocycles. The number of amides is 1. The van der Waals surface area contributed by atoms with E-state index < -0.39 is 24.0 Å². The molecular formula is C16H19ClFNO5. The average Bonchev–Trinajstić information content (AvgIpc) is 2.55. The molecule has 8 heteroatoms. The second-order valence-corrected chi connectivity index (χ2v) is 5.05. The van der Waals surface area contributed by atoms with E-state index in [2.05, 4.69) is 16.6 Å². The van der Waals surface area contributed by atoms with E-state index in [0.29, 0.717) is 18.6 Å². The van der Waals surface area contributed by atoms with Crippen LogP contribution in [0.4, 0.5) is 14.9 Å². The van der Waals surface area contributed by atoms with Crippen LogP contribution in [0.15, 0.2) is 24.3 Å². The van der Waals surface area contributed by atoms with Crippen LogP contribution in [-0.4, -0.2) is 31.9 Å². The molecule has 0 heterocycles. The Labute approximate surface area is 144 Å². The van der Waals surface area contributed by atoms with Crippen LogP contribution in [-0.2, 0) is 14.3 Å². The molecule has 0 bridgehead atoms. The smallest absolute Gasteiger partial charge is 0.412 e. The Hall–Kier alpha value is -2.28. The maximum absolute atomic E-state index is 13.9. The Morgan fingerprint density at radius 1 is 1.38 bits per heavy atom. The van der Waals surface area contributed by atoms with Gasteiger partial charge in [-0.05, 0) is 25.0 Å². The Morgan fingerprint density at radius 3 is 2.58 bits per heavy atom. The molecule has 1 atom stereocenters. The van der Waals surface area contributed by atoms with Crippen LogP contribution in [0.2, 0.25) is 5.02 Å². The Morgan fingerprint density at radius 2 is 2.04 bits per heavy atom. The van der Waals surface area contributed by atoms with Gasteiger partial charge in [0, 0.05) is 6.07 Å². The average molecular weight is 360 g/mol. The lowest BCUT2D eigenvalue weighted by molar-refractivity contribution is -0.148. The zero-order valence-corrected chi connectivity index (χ0v) is 14.4. The zero-order valence-electron chi connectivity index (χ0n) is 13.7. The molecule has 1 rings (SSSR count). The molecule has 0 saturated heterocycles. The van der Waals surface area contributed by atoms with Gasteiger partial charge in [-0.3, -0.25) is 5.32 Å². The molecule has 1 amide bonds. The number of nitrogens with one attached hydrogen (secondary N) is 1. The van der Waals surface area contributed by atoms with E-state index in [4.69, 9.17) is 21.1 Å². The number of rotatable bonds is 7. The minimum atomic E-state index is -1.28. The maximum Gasteiger partial charge on any atom is 0.412 e. The van der Waals surface area contributed by atoms with Crippen molar-refractivity contribution in [2.75, 3.05) is 19.0 Å². The van der Waals surface area contributed by atoms with Crippen molar-refractivity contribution in [2.45, 2.75) is 26.4 Å². The topological polar surface area (TPSA) is 73.9 Å². The van der Waals surface area contributed by atoms with Crippen LogP contribution in [0.1, 0.15) is 20.3 Å². The third kappa shape index (κ3) is 5.13. The van der Waals surface area contributed by atoms with Crippen LogP contribution in [0.3, 0.4) is 0 Å². The number of ether oxygens (including phenoxy) is 3. The Kier molecular flexibility index (Phi) is 7.51. The molecule has 0 aliphatic heterocycles. The molecule has 0 spiro atoms. The molecule has 6 nitrogen and oxygen atoms in total. The molecule has 1 N–H and O–H groups in total. The largest absolute Gasteiger partial charge is 0.492 e. The van der Waals surface area contributed by atoms with Gasteiger partial charge in [-0.2, -0.15) is 0 Å². The SMILES string of the molecule is C=C(CC)C(OC(=O)Nc1cc(OCC)c(Cl)cc1F)C(=O)OC. The minimum Gasteiger partial charge on any atom is -0.492 e. The molecule has 0 aliphatic rings. The molecule has 0 fully saturated rings. The van der Waals surface area contributed by atoms with Gasteiger partial charge in [0.15, 0.2) is 0 Å². The molecule has 0 aliphatic carbocycles. The number of benzene rings is 1. The maximum atomic E-state index is 13.9. The van der Waals surface area contributed by atoms with Gasteiger partial charge < -0.3 is 14.2 Å². The first-order valence-corrected chi connectivity index (χ1v) is 7.56. The summed E-state index contributed by atoms with van der Waals surface area (Å²) in [6.07, 6.45) is -1.91. The van der Waals surface area contributed by atoms with Gasteiger partial charge >= 0.3 is 12.1 Å². The molecule has 0 aromatic heterocycles. The second-order valence-electron chi connectivity index (χ2n) is 4.64. The van der Waals surface area contributed by atoms with Crippen LogP contribution >= 0.6 is 11.6 Å². The van der Waals surface area contributed by atoms with Crippen molar-refractivity contribution in [2.24, 2.45) is 0 Å². The van der Waals surface area contributed by atoms with E-state index >= 15 is 0 Å². The van der Waals surface area contributed by atoms with Crippen LogP contribution < -0.4 is 10.1 Å². The lowest BCUT2D eigenvalue weighted by Crippen LogP contribution is -2.32. The molecule has 0 radical (unpaired) electrons. The zero-order chi connectivity index (χ0) is 18.3. The van der Waals surface area contributed by atoms with Crippen LogP contribution in [0, 0.1) is 5.82 Å². The number of anilines is 1. The molecule has 132 valence electrons. The van der Waals surface area contributed by atoms with Crippen LogP contribution in [0.25, 0.3) is 0 Å². The number of carbonyl (C=O) groups is 2. The predicted octanol–water partition coefficient (Wildman–Crippen LogP) is 3.93. The van der Waals surface area contributed by atoms with Gasteiger partial charge in [-0.1, -0.05) is 25.1 Å². The first-order chi connectivity index (χ1) is 11.3. The van der Waals surface area contributed by atoms with E-state index in [-0.39, 0.29) is 16.5 Å². The van der Waals surface area contributed by atoms with Crippen molar-refractivity contribution >= 4 is 29.4 Å². The highest BCUT2D eigenvalue weighted by Gasteiger charge is 2.26. The second kappa shape index (κ2) is 9.12. The van der Waals surface area contributed by atoms with Crippen molar-refractivity contribution < 1.29 is 28.2 Å². The monoisotopic (exact) mass is 359 g/mol. The van der Waals surface area contributed by atoms with Crippen molar-refractivity contribution in [3.8, 4) is 5.75 Å². The summed E-state index contributed by atoms with van der Waals surface area (Å²) in [5.74, 6) is -1.34. The molecule has 1 aromatic carbocycles. The van der Waals surface area contributed by atoms with Gasteiger partial charge in [-0.15, -0.1) is 0 Å². The van der Waals surface area contributed by atoms with E-state index in [1.807, 2.05) is 0 Å². The normalized spacial score (nSPS) is 11.4. The molecule has 1 aromatic rings. The summed E-state index contributed by atoms with van der Waals surface area (Å²) >= 11 is 5.84. The Balaban J connectivity index is 2.92. The minimum absolute atomic E-state index is 0.0695. The molecule has 1 unspecified atom stereocenters. The van der Waals surface area contributed by atoms with Gasteiger partial charge in [-0.25, -0.2) is 14.0 Å². The summed E-state index contributed by atoms with van der Waals surface area (Å²) in [5.41, 5.74) is 0.155. The number of esters is 1. The van der Waals surface area contributed by atoms with Crippen LogP contribution in [0.5, 0.6) is 5.75 Å². The fourth-order valence-electron chi connectivity index (χ4n) is 1.73. The summed E-state index contributed by atoms with van der Waals surface area (Å²) < 4.78 is 28.7. The summed E-state index contributed by atoms with van der Waals surface area (Å²) in [5, 5.41) is 2.27. The summed E-state index contributed by atoms with van der Waals surface area (Å²) in [6, 6.07) is 2.23. The van der Waals surface area contributed by atoms with E-state index in [1.165, 1.54) is 6.07 Å². The quantitative estimate of drug-likeness (QED) is 0.589. The van der Waals surface area contributed by atoms with E-state index in [1.54, 1.807) is 13.8 Å². The third-order valence-corrected chi connectivity index (χ3v) is 3.32. The highest BCUT2D eigenvalue weighted by molar-refractivity contribution is 6.32. The fourth-order valence-corrected chi connectivity index (χ4v) is 1.93. The summed E-state index contributed by atoms with van der Waals surface area (Å²) in [7, 11) is 1.16. The number of halogens is 2. The standard InChI is InChI=1S/C16H19ClFNO5/c1-5-9(3)14(15(20)22-4)24-16(21)19-12-8-13(23-6-2)10(17)7-11(12)18/h7-8,14H,3,5-6H2,1-2,4H3,(H,19,21). The fraction of sp³-hybridized carbons (Fsp3) is 0.375. The van der Waals surface area contributed by atoms with Gasteiger partial charge in [0.05, 0.1) is 24.4 Å². The van der Waals surface area contributed by atoms with Gasteiger partial charge in [0.1, 0.15) is 11.6 Å². The Bertz CT molecular complexity index is 619. The lowest BCUT2D eigenvalue weighted by atomic mass is 10.1. The van der Waals surface area contributed by atoms with E-state index in [9.17, 15) is 14.0 Å². The lowest BCUT2D eigenvalue weighted by Gasteiger charge is -2.18. The predicted molar refractivity (Wildman–Crippen MR) is 87.9 cm³/mol. The molecule has 24 heavy (non-hydrogen) atoms. The molecular weight excluding hydrogens is 341 g/mol. The first-order valence-electron chi connectivity index (χ1n) is 7.18. The number of hydrogen-bond acceptors (Lipinski definition) is 5. The summed E-state index contributed by atoms with van der Waals surface area (Å²) in [6.45, 7) is 7.45. The van der Waals surface area contributed by atoms with Crippen molar-refractivity contribution in [3.63, 3.8) is 0 Å². The first kappa shape index (κ1) is 19.8. The number of methoxy groups -OCH3 is 1. The highest BCUT2D eigenvalue weighted by atomic mass is 35.5. The van der Waals surface area contributed by atoms with Crippen molar-refractivity contribution in [1.29, 1.82) is 0 Å². The number of hydrogen-bond donors (Lipinski definition) is 1.